The molecular formula is C23H30ClN5O4S. The Morgan fingerprint density at radius 1 is 1.18 bits per heavy atom. The Morgan fingerprint density at radius 2 is 1.94 bits per heavy atom. The highest BCUT2D eigenvalue weighted by atomic mass is 35.5. The van der Waals surface area contributed by atoms with Gasteiger partial charge in [-0.3, -0.25) is 9.59 Å². The molecule has 1 aromatic carbocycles. The molecule has 1 saturated heterocycles. The number of nitrogens with zero attached hydrogens (tertiary/aromatic N) is 4. The van der Waals surface area contributed by atoms with Gasteiger partial charge in [-0.15, -0.1) is 0 Å². The van der Waals surface area contributed by atoms with Crippen LogP contribution in [0.1, 0.15) is 19.4 Å². The van der Waals surface area contributed by atoms with E-state index in [9.17, 15) is 9.59 Å². The minimum atomic E-state index is -0.112. The monoisotopic (exact) mass is 507 g/mol. The van der Waals surface area contributed by atoms with Gasteiger partial charge in [0.25, 0.3) is 0 Å². The average molecular weight is 508 g/mol. The molecule has 34 heavy (non-hydrogen) atoms. The summed E-state index contributed by atoms with van der Waals surface area (Å²) < 4.78 is 10.6. The Hall–Kier alpha value is -2.72. The van der Waals surface area contributed by atoms with Crippen molar-refractivity contribution in [1.82, 2.24) is 20.2 Å². The van der Waals surface area contributed by atoms with Gasteiger partial charge in [-0.1, -0.05) is 29.4 Å². The van der Waals surface area contributed by atoms with Gasteiger partial charge < -0.3 is 24.6 Å². The maximum Gasteiger partial charge on any atom is 0.230 e. The van der Waals surface area contributed by atoms with Crippen molar-refractivity contribution in [1.29, 1.82) is 0 Å². The van der Waals surface area contributed by atoms with Gasteiger partial charge in [-0.05, 0) is 31.0 Å². The van der Waals surface area contributed by atoms with Gasteiger partial charge in [-0.25, -0.2) is 9.97 Å². The molecule has 2 aromatic rings. The molecule has 184 valence electrons. The third-order valence-corrected chi connectivity index (χ3v) is 6.57. The number of methoxy groups -OCH3 is 2. The number of halogens is 1. The number of amides is 2. The van der Waals surface area contributed by atoms with Crippen LogP contribution in [0.4, 0.5) is 5.82 Å². The molecule has 0 saturated carbocycles. The highest BCUT2D eigenvalue weighted by Crippen LogP contribution is 2.27. The molecule has 11 heteroatoms. The van der Waals surface area contributed by atoms with E-state index in [4.69, 9.17) is 21.1 Å². The lowest BCUT2D eigenvalue weighted by molar-refractivity contribution is -0.131. The van der Waals surface area contributed by atoms with Crippen LogP contribution in [-0.4, -0.2) is 78.9 Å². The standard InChI is InChI=1S/C23H30ClN5O4S/c1-15-13-28(9-10-29(15)16(2)30)21-12-20(24)26-23(27-21)34-14-22(31)25-8-7-17-5-6-18(32-3)19(11-17)33-4/h5-6,11-12,15H,7-10,13-14H2,1-4H3,(H,25,31). The lowest BCUT2D eigenvalue weighted by atomic mass is 10.1. The SMILES string of the molecule is COc1ccc(CCNC(=O)CSc2nc(Cl)cc(N3CCN(C(C)=O)C(C)C3)n2)cc1OC. The van der Waals surface area contributed by atoms with E-state index in [2.05, 4.69) is 20.2 Å². The third-order valence-electron chi connectivity index (χ3n) is 5.53. The van der Waals surface area contributed by atoms with Crippen molar-refractivity contribution < 1.29 is 19.1 Å². The Bertz CT molecular complexity index is 1020. The van der Waals surface area contributed by atoms with Crippen LogP contribution in [0.3, 0.4) is 0 Å². The van der Waals surface area contributed by atoms with Crippen LogP contribution in [-0.2, 0) is 16.0 Å². The van der Waals surface area contributed by atoms with Crippen molar-refractivity contribution in [3.8, 4) is 11.5 Å². The fourth-order valence-electron chi connectivity index (χ4n) is 3.81. The molecule has 9 nitrogen and oxygen atoms in total. The number of thioether (sulfide) groups is 1. The average Bonchev–Trinajstić information content (AvgIpc) is 2.82. The molecule has 0 bridgehead atoms. The summed E-state index contributed by atoms with van der Waals surface area (Å²) in [6.07, 6.45) is 0.666. The molecule has 0 spiro atoms. The number of hydrogen-bond acceptors (Lipinski definition) is 8. The van der Waals surface area contributed by atoms with Gasteiger partial charge in [0, 0.05) is 45.2 Å². The van der Waals surface area contributed by atoms with Crippen LogP contribution in [0.2, 0.25) is 5.15 Å². The third kappa shape index (κ3) is 6.89. The first-order valence-corrected chi connectivity index (χ1v) is 12.3. The van der Waals surface area contributed by atoms with E-state index in [1.165, 1.54) is 11.8 Å². The predicted octanol–water partition coefficient (Wildman–Crippen LogP) is 2.66. The van der Waals surface area contributed by atoms with Crippen LogP contribution in [0.5, 0.6) is 11.5 Å². The maximum absolute atomic E-state index is 12.3. The van der Waals surface area contributed by atoms with Gasteiger partial charge in [0.05, 0.1) is 20.0 Å². The summed E-state index contributed by atoms with van der Waals surface area (Å²) in [5, 5.41) is 3.68. The van der Waals surface area contributed by atoms with Gasteiger partial charge in [0.2, 0.25) is 11.8 Å². The first kappa shape index (κ1) is 25.9. The predicted molar refractivity (Wildman–Crippen MR) is 133 cm³/mol. The lowest BCUT2D eigenvalue weighted by Crippen LogP contribution is -2.53. The first-order valence-electron chi connectivity index (χ1n) is 11.0. The van der Waals surface area contributed by atoms with Gasteiger partial charge >= 0.3 is 0 Å². The summed E-state index contributed by atoms with van der Waals surface area (Å²) in [6, 6.07) is 7.48. The number of aromatic nitrogens is 2. The van der Waals surface area contributed by atoms with E-state index >= 15 is 0 Å². The van der Waals surface area contributed by atoms with E-state index in [1.807, 2.05) is 30.0 Å². The Balaban J connectivity index is 1.50. The van der Waals surface area contributed by atoms with E-state index in [1.54, 1.807) is 27.2 Å². The molecule has 1 aromatic heterocycles. The molecule has 1 unspecified atom stereocenters. The van der Waals surface area contributed by atoms with Crippen LogP contribution in [0, 0.1) is 0 Å². The molecule has 3 rings (SSSR count). The molecule has 2 heterocycles. The Labute approximate surface area is 209 Å². The number of piperazine rings is 1. The molecule has 2 amide bonds. The van der Waals surface area contributed by atoms with Crippen LogP contribution < -0.4 is 19.7 Å². The van der Waals surface area contributed by atoms with E-state index in [0.29, 0.717) is 60.2 Å². The zero-order valence-corrected chi connectivity index (χ0v) is 21.4. The topological polar surface area (TPSA) is 96.9 Å². The molecule has 0 radical (unpaired) electrons. The van der Waals surface area contributed by atoms with Crippen molar-refractivity contribution in [2.24, 2.45) is 0 Å². The van der Waals surface area contributed by atoms with Crippen molar-refractivity contribution in [3.05, 3.63) is 35.0 Å². The zero-order chi connectivity index (χ0) is 24.7. The summed E-state index contributed by atoms with van der Waals surface area (Å²) in [7, 11) is 3.19. The second-order valence-electron chi connectivity index (χ2n) is 7.92. The molecule has 1 aliphatic rings. The summed E-state index contributed by atoms with van der Waals surface area (Å²) in [6.45, 7) is 6.04. The van der Waals surface area contributed by atoms with Crippen molar-refractivity contribution in [2.75, 3.05) is 51.1 Å². The molecule has 1 N–H and O–H groups in total. The largest absolute Gasteiger partial charge is 0.493 e. The van der Waals surface area contributed by atoms with E-state index in [0.717, 1.165) is 5.56 Å². The second-order valence-corrected chi connectivity index (χ2v) is 9.25. The minimum absolute atomic E-state index is 0.0706. The quantitative estimate of drug-likeness (QED) is 0.314. The fraction of sp³-hybridized carbons (Fsp3) is 0.478. The molecular weight excluding hydrogens is 478 g/mol. The zero-order valence-electron chi connectivity index (χ0n) is 19.8. The molecule has 1 fully saturated rings. The highest BCUT2D eigenvalue weighted by molar-refractivity contribution is 7.99. The van der Waals surface area contributed by atoms with E-state index < -0.39 is 0 Å². The van der Waals surface area contributed by atoms with Gasteiger partial charge in [0.15, 0.2) is 16.7 Å². The number of hydrogen-bond donors (Lipinski definition) is 1. The molecule has 0 aliphatic carbocycles. The Morgan fingerprint density at radius 3 is 2.62 bits per heavy atom. The van der Waals surface area contributed by atoms with Crippen LogP contribution >= 0.6 is 23.4 Å². The Kier molecular flexibility index (Phi) is 9.23. The summed E-state index contributed by atoms with van der Waals surface area (Å²) >= 11 is 7.46. The summed E-state index contributed by atoms with van der Waals surface area (Å²) in [4.78, 5) is 36.8. The molecule has 1 atom stereocenters. The van der Waals surface area contributed by atoms with E-state index in [-0.39, 0.29) is 23.6 Å². The van der Waals surface area contributed by atoms with Crippen LogP contribution in [0.25, 0.3) is 0 Å². The van der Waals surface area contributed by atoms with Crippen molar-refractivity contribution in [3.63, 3.8) is 0 Å². The minimum Gasteiger partial charge on any atom is -0.493 e. The summed E-state index contributed by atoms with van der Waals surface area (Å²) in [5.41, 5.74) is 1.03. The van der Waals surface area contributed by atoms with Crippen molar-refractivity contribution in [2.45, 2.75) is 31.5 Å². The fourth-order valence-corrected chi connectivity index (χ4v) is 4.72. The number of ether oxygens (including phenoxy) is 2. The number of nitrogens with one attached hydrogen (secondary N) is 1. The lowest BCUT2D eigenvalue weighted by Gasteiger charge is -2.40. The smallest absolute Gasteiger partial charge is 0.230 e. The number of anilines is 1. The number of carbonyl (C=O) groups is 2. The normalized spacial score (nSPS) is 15.7. The molecule has 1 aliphatic heterocycles. The van der Waals surface area contributed by atoms with Crippen LogP contribution in [0.15, 0.2) is 29.4 Å². The maximum atomic E-state index is 12.3. The first-order chi connectivity index (χ1) is 16.3. The highest BCUT2D eigenvalue weighted by Gasteiger charge is 2.26. The van der Waals surface area contributed by atoms with Gasteiger partial charge in [-0.2, -0.15) is 0 Å². The van der Waals surface area contributed by atoms with Gasteiger partial charge in [0.1, 0.15) is 11.0 Å². The number of rotatable bonds is 9. The summed E-state index contributed by atoms with van der Waals surface area (Å²) in [5.74, 6) is 2.17. The number of benzene rings is 1. The van der Waals surface area contributed by atoms with Crippen molar-refractivity contribution >= 4 is 41.0 Å². The number of carbonyl (C=O) groups excluding carboxylic acids is 2. The second kappa shape index (κ2) is 12.1.